The fraction of sp³-hybridized carbons (Fsp3) is 0.500. The average Bonchev–Trinajstić information content (AvgIpc) is 3.37. The highest BCUT2D eigenvalue weighted by Crippen LogP contribution is 2.33. The van der Waals surface area contributed by atoms with Crippen molar-refractivity contribution in [1.82, 2.24) is 23.9 Å². The molecule has 0 bridgehead atoms. The number of anilines is 1. The van der Waals surface area contributed by atoms with Gasteiger partial charge in [-0.2, -0.15) is 4.31 Å². The summed E-state index contributed by atoms with van der Waals surface area (Å²) in [7, 11) is -3.82. The molecule has 1 saturated heterocycles. The number of ether oxygens (including phenoxy) is 1. The van der Waals surface area contributed by atoms with Crippen LogP contribution >= 0.6 is 0 Å². The molecule has 45 heavy (non-hydrogen) atoms. The van der Waals surface area contributed by atoms with Gasteiger partial charge in [-0.25, -0.2) is 17.9 Å². The van der Waals surface area contributed by atoms with Crippen LogP contribution in [0.25, 0.3) is 16.9 Å². The molecule has 3 heterocycles. The molecule has 4 aromatic rings. The van der Waals surface area contributed by atoms with Gasteiger partial charge in [0, 0.05) is 37.8 Å². The maximum atomic E-state index is 13.9. The lowest BCUT2D eigenvalue weighted by Crippen LogP contribution is -2.48. The van der Waals surface area contributed by atoms with Gasteiger partial charge in [0.25, 0.3) is 5.56 Å². The molecule has 1 atom stereocenters. The SMILES string of the molecule is CCCCCCC(CC)c1nc(C)c2c(=O)[nH]c(-c3cc(S(=O)(=O)N4CCN(c5cccc(C)c5)CC4)ccc3OCC)nn12. The molecule has 0 radical (unpaired) electrons. The van der Waals surface area contributed by atoms with Crippen LogP contribution in [0.15, 0.2) is 52.2 Å². The summed E-state index contributed by atoms with van der Waals surface area (Å²) < 4.78 is 36.9. The molecule has 2 aromatic heterocycles. The molecule has 1 unspecified atom stereocenters. The second-order valence-corrected chi connectivity index (χ2v) is 13.8. The topological polar surface area (TPSA) is 113 Å². The smallest absolute Gasteiger partial charge is 0.277 e. The van der Waals surface area contributed by atoms with Crippen molar-refractivity contribution in [2.24, 2.45) is 0 Å². The first kappa shape index (κ1) is 32.7. The van der Waals surface area contributed by atoms with Crippen LogP contribution in [0.5, 0.6) is 5.75 Å². The summed E-state index contributed by atoms with van der Waals surface area (Å²) in [5.41, 5.74) is 3.41. The van der Waals surface area contributed by atoms with Gasteiger partial charge in [-0.1, -0.05) is 51.7 Å². The number of aromatic nitrogens is 4. The molecular weight excluding hydrogens is 588 g/mol. The number of nitrogens with zero attached hydrogens (tertiary/aromatic N) is 5. The highest BCUT2D eigenvalue weighted by molar-refractivity contribution is 7.89. The molecular formula is C34H46N6O4S. The summed E-state index contributed by atoms with van der Waals surface area (Å²) in [4.78, 5) is 23.5. The van der Waals surface area contributed by atoms with Gasteiger partial charge in [0.15, 0.2) is 11.3 Å². The third-order valence-corrected chi connectivity index (χ3v) is 10.6. The normalized spacial score (nSPS) is 15.1. The van der Waals surface area contributed by atoms with Crippen molar-refractivity contribution in [3.8, 4) is 17.1 Å². The van der Waals surface area contributed by atoms with Gasteiger partial charge in [0.05, 0.1) is 22.8 Å². The van der Waals surface area contributed by atoms with Crippen molar-refractivity contribution in [3.63, 3.8) is 0 Å². The number of sulfonamides is 1. The van der Waals surface area contributed by atoms with Crippen molar-refractivity contribution in [1.29, 1.82) is 0 Å². The fourth-order valence-electron chi connectivity index (χ4n) is 6.21. The first-order valence-electron chi connectivity index (χ1n) is 16.3. The molecule has 1 N–H and O–H groups in total. The number of piperazine rings is 1. The first-order chi connectivity index (χ1) is 21.7. The minimum atomic E-state index is -3.82. The Labute approximate surface area is 266 Å². The predicted octanol–water partition coefficient (Wildman–Crippen LogP) is 6.08. The van der Waals surface area contributed by atoms with Gasteiger partial charge in [-0.15, -0.1) is 5.10 Å². The summed E-state index contributed by atoms with van der Waals surface area (Å²) in [5.74, 6) is 1.62. The molecule has 11 heteroatoms. The number of hydrogen-bond acceptors (Lipinski definition) is 7. The molecule has 0 amide bonds. The minimum absolute atomic E-state index is 0.136. The number of imidazole rings is 1. The molecule has 5 rings (SSSR count). The first-order valence-corrected chi connectivity index (χ1v) is 17.7. The van der Waals surface area contributed by atoms with E-state index in [9.17, 15) is 13.2 Å². The van der Waals surface area contributed by atoms with E-state index < -0.39 is 10.0 Å². The molecule has 0 aliphatic carbocycles. The van der Waals surface area contributed by atoms with E-state index in [2.05, 4.69) is 48.9 Å². The summed E-state index contributed by atoms with van der Waals surface area (Å²) in [6.07, 6.45) is 6.46. The summed E-state index contributed by atoms with van der Waals surface area (Å²) >= 11 is 0. The van der Waals surface area contributed by atoms with Crippen molar-refractivity contribution in [3.05, 3.63) is 69.9 Å². The van der Waals surface area contributed by atoms with Crippen LogP contribution in [0.3, 0.4) is 0 Å². The number of aromatic amines is 1. The minimum Gasteiger partial charge on any atom is -0.493 e. The Balaban J connectivity index is 1.48. The van der Waals surface area contributed by atoms with Crippen molar-refractivity contribution < 1.29 is 13.2 Å². The van der Waals surface area contributed by atoms with E-state index in [4.69, 9.17) is 14.8 Å². The molecule has 0 saturated carbocycles. The average molecular weight is 635 g/mol. The molecule has 242 valence electrons. The van der Waals surface area contributed by atoms with E-state index in [1.54, 1.807) is 22.7 Å². The number of hydrogen-bond donors (Lipinski definition) is 1. The Morgan fingerprint density at radius 2 is 1.76 bits per heavy atom. The van der Waals surface area contributed by atoms with Crippen LogP contribution in [0.1, 0.15) is 82.3 Å². The Morgan fingerprint density at radius 1 is 0.978 bits per heavy atom. The van der Waals surface area contributed by atoms with Crippen LogP contribution in [-0.4, -0.2) is 65.1 Å². The lowest BCUT2D eigenvalue weighted by atomic mass is 9.97. The number of fused-ring (bicyclic) bond motifs is 1. The van der Waals surface area contributed by atoms with Crippen LogP contribution < -0.4 is 15.2 Å². The third-order valence-electron chi connectivity index (χ3n) is 8.71. The summed E-state index contributed by atoms with van der Waals surface area (Å²) in [5, 5.41) is 4.87. The van der Waals surface area contributed by atoms with E-state index in [1.165, 1.54) is 22.7 Å². The molecule has 1 fully saturated rings. The van der Waals surface area contributed by atoms with Gasteiger partial charge in [-0.3, -0.25) is 4.79 Å². The van der Waals surface area contributed by atoms with Gasteiger partial charge >= 0.3 is 0 Å². The van der Waals surface area contributed by atoms with Crippen LogP contribution in [0.4, 0.5) is 5.69 Å². The van der Waals surface area contributed by atoms with E-state index in [1.807, 2.05) is 19.9 Å². The monoisotopic (exact) mass is 634 g/mol. The number of unbranched alkanes of at least 4 members (excludes halogenated alkanes) is 3. The van der Waals surface area contributed by atoms with Crippen LogP contribution in [0.2, 0.25) is 0 Å². The zero-order valence-electron chi connectivity index (χ0n) is 27.2. The number of rotatable bonds is 13. The maximum absolute atomic E-state index is 13.9. The van der Waals surface area contributed by atoms with Gasteiger partial charge < -0.3 is 14.6 Å². The molecule has 2 aromatic carbocycles. The zero-order chi connectivity index (χ0) is 32.1. The van der Waals surface area contributed by atoms with Crippen molar-refractivity contribution in [2.75, 3.05) is 37.7 Å². The molecule has 1 aliphatic heterocycles. The van der Waals surface area contributed by atoms with Crippen molar-refractivity contribution >= 4 is 21.2 Å². The molecule has 0 spiro atoms. The zero-order valence-corrected chi connectivity index (χ0v) is 28.0. The van der Waals surface area contributed by atoms with E-state index >= 15 is 0 Å². The lowest BCUT2D eigenvalue weighted by Gasteiger charge is -2.35. The standard InChI is InChI=1S/C34H46N6O4S/c1-6-9-10-11-14-26(7-2)33-35-25(5)31-34(41)36-32(37-40(31)33)29-23-28(16-17-30(29)44-8-3)45(42,43)39-20-18-38(19-21-39)27-15-12-13-24(4)22-27/h12-13,15-17,22-23,26H,6-11,14,18-21H2,1-5H3,(H,36,37,41). The Morgan fingerprint density at radius 3 is 2.44 bits per heavy atom. The maximum Gasteiger partial charge on any atom is 0.277 e. The largest absolute Gasteiger partial charge is 0.493 e. The number of benzene rings is 2. The van der Waals surface area contributed by atoms with Gasteiger partial charge in [-0.05, 0) is 69.5 Å². The summed E-state index contributed by atoms with van der Waals surface area (Å²) in [6, 6.07) is 13.1. The highest BCUT2D eigenvalue weighted by Gasteiger charge is 2.30. The second-order valence-electron chi connectivity index (χ2n) is 11.9. The van der Waals surface area contributed by atoms with Gasteiger partial charge in [0.2, 0.25) is 10.0 Å². The lowest BCUT2D eigenvalue weighted by molar-refractivity contribution is 0.341. The third kappa shape index (κ3) is 6.94. The second kappa shape index (κ2) is 14.2. The van der Waals surface area contributed by atoms with Crippen LogP contribution in [-0.2, 0) is 10.0 Å². The highest BCUT2D eigenvalue weighted by atomic mass is 32.2. The van der Waals surface area contributed by atoms with Gasteiger partial charge in [0.1, 0.15) is 11.6 Å². The van der Waals surface area contributed by atoms with E-state index in [0.29, 0.717) is 55.3 Å². The number of aryl methyl sites for hydroxylation is 2. The fourth-order valence-corrected chi connectivity index (χ4v) is 7.66. The molecule has 10 nitrogen and oxygen atoms in total. The van der Waals surface area contributed by atoms with Crippen LogP contribution in [0, 0.1) is 13.8 Å². The number of H-pyrrole nitrogens is 1. The van der Waals surface area contributed by atoms with E-state index in [-0.39, 0.29) is 22.2 Å². The Bertz CT molecular complexity index is 1790. The quantitative estimate of drug-likeness (QED) is 0.178. The molecule has 1 aliphatic rings. The number of nitrogens with one attached hydrogen (secondary N) is 1. The van der Waals surface area contributed by atoms with Crippen molar-refractivity contribution in [2.45, 2.75) is 84.0 Å². The summed E-state index contributed by atoms with van der Waals surface area (Å²) in [6.45, 7) is 12.4. The predicted molar refractivity (Wildman–Crippen MR) is 179 cm³/mol. The Kier molecular flexibility index (Phi) is 10.3. The van der Waals surface area contributed by atoms with E-state index in [0.717, 1.165) is 37.2 Å². The Hall–Kier alpha value is -3.70.